The standard InChI is InChI=1S/C17H16ClN3O/c1-22-15(12-7-3-2-4-8-12)11-19-16-13-9-5-6-10-14(13)20-17(18)21-16/h2-10,15H,11H2,1H3,(H,19,20,21). The van der Waals surface area contributed by atoms with Gasteiger partial charge in [-0.1, -0.05) is 42.5 Å². The lowest BCUT2D eigenvalue weighted by Crippen LogP contribution is -2.15. The van der Waals surface area contributed by atoms with Crippen LogP contribution in [0.15, 0.2) is 54.6 Å². The maximum atomic E-state index is 6.00. The van der Waals surface area contributed by atoms with Gasteiger partial charge in [-0.05, 0) is 29.3 Å². The average molecular weight is 314 g/mol. The second kappa shape index (κ2) is 6.73. The molecule has 0 radical (unpaired) electrons. The molecule has 4 nitrogen and oxygen atoms in total. The topological polar surface area (TPSA) is 47.0 Å². The third-order valence-corrected chi connectivity index (χ3v) is 3.66. The first kappa shape index (κ1) is 14.8. The zero-order valence-corrected chi connectivity index (χ0v) is 12.9. The third kappa shape index (κ3) is 3.18. The van der Waals surface area contributed by atoms with E-state index in [2.05, 4.69) is 15.3 Å². The van der Waals surface area contributed by atoms with Crippen molar-refractivity contribution in [1.82, 2.24) is 9.97 Å². The summed E-state index contributed by atoms with van der Waals surface area (Å²) in [6.07, 6.45) is -0.0614. The van der Waals surface area contributed by atoms with E-state index in [9.17, 15) is 0 Å². The van der Waals surface area contributed by atoms with E-state index in [-0.39, 0.29) is 11.4 Å². The number of halogens is 1. The predicted octanol–water partition coefficient (Wildman–Crippen LogP) is 4.08. The van der Waals surface area contributed by atoms with Gasteiger partial charge in [0.1, 0.15) is 5.82 Å². The fourth-order valence-corrected chi connectivity index (χ4v) is 2.55. The largest absolute Gasteiger partial charge is 0.375 e. The molecule has 3 rings (SSSR count). The minimum Gasteiger partial charge on any atom is -0.375 e. The molecule has 0 saturated carbocycles. The lowest BCUT2D eigenvalue weighted by Gasteiger charge is -2.17. The fraction of sp³-hybridized carbons (Fsp3) is 0.176. The monoisotopic (exact) mass is 313 g/mol. The Hall–Kier alpha value is -2.17. The summed E-state index contributed by atoms with van der Waals surface area (Å²) in [6, 6.07) is 17.8. The van der Waals surface area contributed by atoms with E-state index in [0.717, 1.165) is 16.5 Å². The number of hydrogen-bond acceptors (Lipinski definition) is 4. The summed E-state index contributed by atoms with van der Waals surface area (Å²) >= 11 is 6.00. The zero-order chi connectivity index (χ0) is 15.4. The molecule has 1 unspecified atom stereocenters. The smallest absolute Gasteiger partial charge is 0.224 e. The van der Waals surface area contributed by atoms with Gasteiger partial charge in [-0.3, -0.25) is 0 Å². The van der Waals surface area contributed by atoms with Gasteiger partial charge < -0.3 is 10.1 Å². The van der Waals surface area contributed by atoms with Gasteiger partial charge in [-0.25, -0.2) is 9.97 Å². The van der Waals surface area contributed by atoms with Crippen molar-refractivity contribution in [2.75, 3.05) is 19.0 Å². The molecule has 1 N–H and O–H groups in total. The van der Waals surface area contributed by atoms with Gasteiger partial charge >= 0.3 is 0 Å². The van der Waals surface area contributed by atoms with E-state index in [1.165, 1.54) is 0 Å². The Kier molecular flexibility index (Phi) is 4.51. The highest BCUT2D eigenvalue weighted by Gasteiger charge is 2.12. The van der Waals surface area contributed by atoms with Crippen LogP contribution in [0, 0.1) is 0 Å². The molecule has 0 saturated heterocycles. The summed E-state index contributed by atoms with van der Waals surface area (Å²) in [5.41, 5.74) is 1.93. The molecule has 2 aromatic carbocycles. The highest BCUT2D eigenvalue weighted by Crippen LogP contribution is 2.23. The van der Waals surface area contributed by atoms with Crippen LogP contribution < -0.4 is 5.32 Å². The van der Waals surface area contributed by atoms with Gasteiger partial charge in [0.05, 0.1) is 11.6 Å². The summed E-state index contributed by atoms with van der Waals surface area (Å²) < 4.78 is 5.56. The molecular formula is C17H16ClN3O. The highest BCUT2D eigenvalue weighted by atomic mass is 35.5. The van der Waals surface area contributed by atoms with Crippen molar-refractivity contribution in [2.45, 2.75) is 6.10 Å². The summed E-state index contributed by atoms with van der Waals surface area (Å²) in [7, 11) is 1.70. The second-order valence-corrected chi connectivity index (χ2v) is 5.21. The van der Waals surface area contributed by atoms with Crippen molar-refractivity contribution >= 4 is 28.3 Å². The number of methoxy groups -OCH3 is 1. The number of benzene rings is 2. The van der Waals surface area contributed by atoms with Crippen LogP contribution in [0.2, 0.25) is 5.28 Å². The van der Waals surface area contributed by atoms with E-state index in [0.29, 0.717) is 12.4 Å². The van der Waals surface area contributed by atoms with Crippen molar-refractivity contribution in [3.63, 3.8) is 0 Å². The van der Waals surface area contributed by atoms with Crippen molar-refractivity contribution in [2.24, 2.45) is 0 Å². The highest BCUT2D eigenvalue weighted by molar-refractivity contribution is 6.28. The molecule has 0 fully saturated rings. The van der Waals surface area contributed by atoms with Gasteiger partial charge in [0.15, 0.2) is 0 Å². The third-order valence-electron chi connectivity index (χ3n) is 3.49. The van der Waals surface area contributed by atoms with Crippen molar-refractivity contribution in [3.8, 4) is 0 Å². The van der Waals surface area contributed by atoms with Gasteiger partial charge in [-0.15, -0.1) is 0 Å². The summed E-state index contributed by atoms with van der Waals surface area (Å²) in [6.45, 7) is 0.595. The average Bonchev–Trinajstić information content (AvgIpc) is 2.56. The van der Waals surface area contributed by atoms with Crippen molar-refractivity contribution in [3.05, 3.63) is 65.4 Å². The minimum absolute atomic E-state index is 0.0614. The van der Waals surface area contributed by atoms with Gasteiger partial charge in [0.2, 0.25) is 5.28 Å². The van der Waals surface area contributed by atoms with Crippen LogP contribution in [-0.4, -0.2) is 23.6 Å². The van der Waals surface area contributed by atoms with Crippen molar-refractivity contribution < 1.29 is 4.74 Å². The quantitative estimate of drug-likeness (QED) is 0.721. The molecule has 1 heterocycles. The van der Waals surface area contributed by atoms with E-state index in [1.807, 2.05) is 54.6 Å². The van der Waals surface area contributed by atoms with E-state index in [4.69, 9.17) is 16.3 Å². The van der Waals surface area contributed by atoms with Crippen molar-refractivity contribution in [1.29, 1.82) is 0 Å². The van der Waals surface area contributed by atoms with E-state index in [1.54, 1.807) is 7.11 Å². The number of nitrogens with zero attached hydrogens (tertiary/aromatic N) is 2. The first-order valence-electron chi connectivity index (χ1n) is 7.02. The lowest BCUT2D eigenvalue weighted by molar-refractivity contribution is 0.114. The maximum absolute atomic E-state index is 6.00. The number of fused-ring (bicyclic) bond motifs is 1. The molecule has 0 amide bonds. The number of para-hydroxylation sites is 1. The second-order valence-electron chi connectivity index (χ2n) is 4.87. The first-order valence-corrected chi connectivity index (χ1v) is 7.39. The van der Waals surface area contributed by atoms with Crippen LogP contribution in [0.5, 0.6) is 0 Å². The van der Waals surface area contributed by atoms with E-state index < -0.39 is 0 Å². The van der Waals surface area contributed by atoms with Crippen LogP contribution in [-0.2, 0) is 4.74 Å². The lowest BCUT2D eigenvalue weighted by atomic mass is 10.1. The predicted molar refractivity (Wildman–Crippen MR) is 89.2 cm³/mol. The Morgan fingerprint density at radius 1 is 1.05 bits per heavy atom. The Bertz CT molecular complexity index is 764. The fourth-order valence-electron chi connectivity index (χ4n) is 2.38. The number of nitrogens with one attached hydrogen (secondary N) is 1. The summed E-state index contributed by atoms with van der Waals surface area (Å²) in [5.74, 6) is 0.716. The Morgan fingerprint density at radius 3 is 2.55 bits per heavy atom. The zero-order valence-electron chi connectivity index (χ0n) is 12.2. The molecule has 112 valence electrons. The molecule has 0 aliphatic carbocycles. The van der Waals surface area contributed by atoms with Crippen LogP contribution in [0.25, 0.3) is 10.9 Å². The molecule has 1 atom stereocenters. The number of anilines is 1. The number of hydrogen-bond donors (Lipinski definition) is 1. The first-order chi connectivity index (χ1) is 10.8. The molecular weight excluding hydrogens is 298 g/mol. The minimum atomic E-state index is -0.0614. The molecule has 3 aromatic rings. The SMILES string of the molecule is COC(CNc1nc(Cl)nc2ccccc12)c1ccccc1. The Labute approximate surface area is 134 Å². The summed E-state index contributed by atoms with van der Waals surface area (Å²) in [4.78, 5) is 8.51. The van der Waals surface area contributed by atoms with E-state index >= 15 is 0 Å². The van der Waals surface area contributed by atoms with Crippen LogP contribution in [0.4, 0.5) is 5.82 Å². The molecule has 1 aromatic heterocycles. The molecule has 0 spiro atoms. The van der Waals surface area contributed by atoms with Gasteiger partial charge in [-0.2, -0.15) is 0 Å². The van der Waals surface area contributed by atoms with Crippen LogP contribution in [0.3, 0.4) is 0 Å². The molecule has 0 aliphatic rings. The number of ether oxygens (including phenoxy) is 1. The van der Waals surface area contributed by atoms with Crippen LogP contribution >= 0.6 is 11.6 Å². The Balaban J connectivity index is 1.84. The Morgan fingerprint density at radius 2 is 1.77 bits per heavy atom. The number of rotatable bonds is 5. The molecule has 5 heteroatoms. The van der Waals surface area contributed by atoms with Crippen LogP contribution in [0.1, 0.15) is 11.7 Å². The van der Waals surface area contributed by atoms with Gasteiger partial charge in [0.25, 0.3) is 0 Å². The molecule has 22 heavy (non-hydrogen) atoms. The molecule has 0 bridgehead atoms. The van der Waals surface area contributed by atoms with Gasteiger partial charge in [0, 0.05) is 19.0 Å². The molecule has 0 aliphatic heterocycles. The number of aromatic nitrogens is 2. The maximum Gasteiger partial charge on any atom is 0.224 e. The summed E-state index contributed by atoms with van der Waals surface area (Å²) in [5, 5.41) is 4.49. The normalized spacial score (nSPS) is 12.3.